The van der Waals surface area contributed by atoms with Crippen molar-refractivity contribution in [3.05, 3.63) is 34.9 Å². The van der Waals surface area contributed by atoms with Gasteiger partial charge in [-0.2, -0.15) is 0 Å². The number of likely N-dealkylation sites (tertiary alicyclic amines) is 1. The molecule has 1 amide bonds. The number of carbonyl (C=O) groups is 1. The molecule has 1 N–H and O–H groups in total. The zero-order chi connectivity index (χ0) is 16.4. The van der Waals surface area contributed by atoms with Crippen molar-refractivity contribution in [3.8, 4) is 0 Å². The lowest BCUT2D eigenvalue weighted by Gasteiger charge is -2.42. The maximum Gasteiger partial charge on any atom is 0.253 e. The highest BCUT2D eigenvalue weighted by atomic mass is 35.5. The third kappa shape index (κ3) is 3.87. The van der Waals surface area contributed by atoms with Crippen LogP contribution in [0.1, 0.15) is 36.0 Å². The Morgan fingerprint density at radius 3 is 2.48 bits per heavy atom. The number of rotatable bonds is 5. The molecule has 126 valence electrons. The first-order valence-electron chi connectivity index (χ1n) is 8.47. The first kappa shape index (κ1) is 16.7. The lowest BCUT2D eigenvalue weighted by Crippen LogP contribution is -2.57. The number of aliphatic hydroxyl groups is 1. The molecule has 2 fully saturated rings. The van der Waals surface area contributed by atoms with Crippen LogP contribution < -0.4 is 0 Å². The van der Waals surface area contributed by atoms with Crippen LogP contribution in [-0.2, 0) is 0 Å². The van der Waals surface area contributed by atoms with Crippen LogP contribution in [0.4, 0.5) is 0 Å². The van der Waals surface area contributed by atoms with E-state index in [2.05, 4.69) is 4.90 Å². The molecule has 2 aliphatic rings. The van der Waals surface area contributed by atoms with Crippen molar-refractivity contribution in [1.82, 2.24) is 9.80 Å². The van der Waals surface area contributed by atoms with Crippen molar-refractivity contribution in [1.29, 1.82) is 0 Å². The summed E-state index contributed by atoms with van der Waals surface area (Å²) >= 11 is 5.92. The minimum absolute atomic E-state index is 0.0552. The first-order chi connectivity index (χ1) is 11.0. The summed E-state index contributed by atoms with van der Waals surface area (Å²) in [5, 5.41) is 10.2. The molecular formula is C18H25ClN2O2. The van der Waals surface area contributed by atoms with Gasteiger partial charge in [-0.1, -0.05) is 24.4 Å². The predicted octanol–water partition coefficient (Wildman–Crippen LogP) is 2.65. The molecule has 1 aromatic rings. The molecule has 0 bridgehead atoms. The Morgan fingerprint density at radius 1 is 1.30 bits per heavy atom. The Hall–Kier alpha value is -1.10. The SMILES string of the molecule is CN(C(=O)c1ccc(Cl)cc1)[C@H](CN1CC(O)C1)C1CCCC1. The lowest BCUT2D eigenvalue weighted by atomic mass is 9.94. The predicted molar refractivity (Wildman–Crippen MR) is 91.7 cm³/mol. The second-order valence-corrected chi connectivity index (χ2v) is 7.34. The molecule has 23 heavy (non-hydrogen) atoms. The highest BCUT2D eigenvalue weighted by Crippen LogP contribution is 2.31. The summed E-state index contributed by atoms with van der Waals surface area (Å²) in [6.45, 7) is 2.32. The molecule has 0 aromatic heterocycles. The average molecular weight is 337 g/mol. The molecule has 1 atom stereocenters. The summed E-state index contributed by atoms with van der Waals surface area (Å²) in [7, 11) is 1.91. The van der Waals surface area contributed by atoms with Crippen molar-refractivity contribution in [2.75, 3.05) is 26.7 Å². The van der Waals surface area contributed by atoms with Crippen LogP contribution in [-0.4, -0.2) is 59.6 Å². The molecule has 3 rings (SSSR count). The van der Waals surface area contributed by atoms with Crippen LogP contribution in [0.25, 0.3) is 0 Å². The van der Waals surface area contributed by atoms with Gasteiger partial charge >= 0.3 is 0 Å². The van der Waals surface area contributed by atoms with Crippen molar-refractivity contribution in [2.24, 2.45) is 5.92 Å². The molecule has 1 aromatic carbocycles. The number of likely N-dealkylation sites (N-methyl/N-ethyl adjacent to an activating group) is 1. The van der Waals surface area contributed by atoms with Crippen LogP contribution in [0, 0.1) is 5.92 Å². The van der Waals surface area contributed by atoms with E-state index in [-0.39, 0.29) is 18.1 Å². The van der Waals surface area contributed by atoms with E-state index >= 15 is 0 Å². The van der Waals surface area contributed by atoms with Gasteiger partial charge in [-0.25, -0.2) is 0 Å². The number of hydrogen-bond donors (Lipinski definition) is 1. The van der Waals surface area contributed by atoms with Gasteiger partial charge in [0.15, 0.2) is 0 Å². The van der Waals surface area contributed by atoms with Crippen LogP contribution in [0.15, 0.2) is 24.3 Å². The molecule has 1 aliphatic carbocycles. The molecule has 1 saturated heterocycles. The number of nitrogens with zero attached hydrogens (tertiary/aromatic N) is 2. The van der Waals surface area contributed by atoms with Crippen LogP contribution in [0.2, 0.25) is 5.02 Å². The summed E-state index contributed by atoms with van der Waals surface area (Å²) in [6, 6.07) is 7.33. The quantitative estimate of drug-likeness (QED) is 0.899. The number of halogens is 1. The van der Waals surface area contributed by atoms with Crippen LogP contribution in [0.3, 0.4) is 0 Å². The molecule has 1 saturated carbocycles. The van der Waals surface area contributed by atoms with E-state index in [0.29, 0.717) is 16.5 Å². The average Bonchev–Trinajstić information content (AvgIpc) is 3.04. The maximum atomic E-state index is 12.8. The van der Waals surface area contributed by atoms with Gasteiger partial charge in [0.2, 0.25) is 0 Å². The number of carbonyl (C=O) groups excluding carboxylic acids is 1. The van der Waals surface area contributed by atoms with E-state index in [4.69, 9.17) is 11.6 Å². The van der Waals surface area contributed by atoms with Crippen LogP contribution in [0.5, 0.6) is 0 Å². The largest absolute Gasteiger partial charge is 0.390 e. The molecule has 4 nitrogen and oxygen atoms in total. The fourth-order valence-corrected chi connectivity index (χ4v) is 3.96. The molecule has 0 unspecified atom stereocenters. The first-order valence-corrected chi connectivity index (χ1v) is 8.85. The standard InChI is InChI=1S/C18H25ClN2O2/c1-20(18(23)14-6-8-15(19)9-7-14)17(13-4-2-3-5-13)12-21-10-16(22)11-21/h6-9,13,16-17,22H,2-5,10-12H2,1H3/t17-/m1/s1. The number of β-amino-alcohol motifs (C(OH)–C–C–N with tert-alkyl or cyclic N) is 1. The smallest absolute Gasteiger partial charge is 0.253 e. The van der Waals surface area contributed by atoms with E-state index in [1.165, 1.54) is 25.7 Å². The van der Waals surface area contributed by atoms with E-state index in [9.17, 15) is 9.90 Å². The third-order valence-corrected chi connectivity index (χ3v) is 5.49. The molecular weight excluding hydrogens is 312 g/mol. The molecule has 0 radical (unpaired) electrons. The maximum absolute atomic E-state index is 12.8. The number of hydrogen-bond acceptors (Lipinski definition) is 3. The summed E-state index contributed by atoms with van der Waals surface area (Å²) in [4.78, 5) is 17.0. The number of aliphatic hydroxyl groups excluding tert-OH is 1. The van der Waals surface area contributed by atoms with Gasteiger partial charge in [0, 0.05) is 43.3 Å². The van der Waals surface area contributed by atoms with E-state index < -0.39 is 0 Å². The number of amides is 1. The fraction of sp³-hybridized carbons (Fsp3) is 0.611. The Morgan fingerprint density at radius 2 is 1.91 bits per heavy atom. The number of benzene rings is 1. The second kappa shape index (κ2) is 7.20. The van der Waals surface area contributed by atoms with E-state index in [0.717, 1.165) is 19.6 Å². The van der Waals surface area contributed by atoms with Crippen molar-refractivity contribution in [2.45, 2.75) is 37.8 Å². The van der Waals surface area contributed by atoms with Gasteiger partial charge < -0.3 is 10.0 Å². The van der Waals surface area contributed by atoms with Crippen LogP contribution >= 0.6 is 11.6 Å². The van der Waals surface area contributed by atoms with Gasteiger partial charge in [-0.15, -0.1) is 0 Å². The highest BCUT2D eigenvalue weighted by molar-refractivity contribution is 6.30. The summed E-state index contributed by atoms with van der Waals surface area (Å²) in [5.41, 5.74) is 0.684. The molecule has 1 aliphatic heterocycles. The lowest BCUT2D eigenvalue weighted by molar-refractivity contribution is -0.0166. The summed E-state index contributed by atoms with van der Waals surface area (Å²) in [5.74, 6) is 0.619. The van der Waals surface area contributed by atoms with E-state index in [1.807, 2.05) is 11.9 Å². The minimum Gasteiger partial charge on any atom is -0.390 e. The summed E-state index contributed by atoms with van der Waals surface area (Å²) < 4.78 is 0. The van der Waals surface area contributed by atoms with Gasteiger partial charge in [0.25, 0.3) is 5.91 Å². The Balaban J connectivity index is 1.71. The Labute approximate surface area is 143 Å². The monoisotopic (exact) mass is 336 g/mol. The minimum atomic E-state index is -0.198. The molecule has 5 heteroatoms. The molecule has 1 heterocycles. The second-order valence-electron chi connectivity index (χ2n) is 6.91. The summed E-state index contributed by atoms with van der Waals surface area (Å²) in [6.07, 6.45) is 4.70. The molecule has 0 spiro atoms. The zero-order valence-electron chi connectivity index (χ0n) is 13.6. The van der Waals surface area contributed by atoms with Gasteiger partial charge in [-0.05, 0) is 43.0 Å². The highest BCUT2D eigenvalue weighted by Gasteiger charge is 2.35. The van der Waals surface area contributed by atoms with Gasteiger partial charge in [-0.3, -0.25) is 9.69 Å². The van der Waals surface area contributed by atoms with Crippen molar-refractivity contribution in [3.63, 3.8) is 0 Å². The van der Waals surface area contributed by atoms with E-state index in [1.54, 1.807) is 24.3 Å². The topological polar surface area (TPSA) is 43.8 Å². The fourth-order valence-electron chi connectivity index (χ4n) is 3.83. The van der Waals surface area contributed by atoms with Gasteiger partial charge in [0.05, 0.1) is 6.10 Å². The zero-order valence-corrected chi connectivity index (χ0v) is 14.4. The van der Waals surface area contributed by atoms with Crippen molar-refractivity contribution < 1.29 is 9.90 Å². The van der Waals surface area contributed by atoms with Gasteiger partial charge in [0.1, 0.15) is 0 Å². The normalized spacial score (nSPS) is 21.2. The Bertz CT molecular complexity index is 536. The van der Waals surface area contributed by atoms with Crippen molar-refractivity contribution >= 4 is 17.5 Å². The third-order valence-electron chi connectivity index (χ3n) is 5.24. The Kier molecular flexibility index (Phi) is 5.24.